The van der Waals surface area contributed by atoms with E-state index in [9.17, 15) is 9.59 Å². The molecule has 0 N–H and O–H groups in total. The lowest BCUT2D eigenvalue weighted by atomic mass is 10.2. The van der Waals surface area contributed by atoms with Crippen molar-refractivity contribution in [2.24, 2.45) is 11.8 Å². The number of ether oxygens (including phenoxy) is 1. The van der Waals surface area contributed by atoms with Crippen molar-refractivity contribution >= 4 is 11.9 Å². The highest BCUT2D eigenvalue weighted by Gasteiger charge is 2.47. The summed E-state index contributed by atoms with van der Waals surface area (Å²) in [6, 6.07) is 3.72. The van der Waals surface area contributed by atoms with Crippen molar-refractivity contribution in [1.29, 1.82) is 0 Å². The molecule has 2 atom stereocenters. The average Bonchev–Trinajstić information content (AvgIpc) is 3.34. The second kappa shape index (κ2) is 5.31. The Morgan fingerprint density at radius 2 is 2.25 bits per heavy atom. The molecule has 2 aliphatic carbocycles. The van der Waals surface area contributed by atoms with Crippen molar-refractivity contribution in [2.75, 3.05) is 13.2 Å². The van der Waals surface area contributed by atoms with Gasteiger partial charge in [0.05, 0.1) is 18.8 Å². The Bertz CT molecular complexity index is 492. The maximum atomic E-state index is 12.4. The molecule has 0 bridgehead atoms. The first-order valence-corrected chi connectivity index (χ1v) is 7.21. The Labute approximate surface area is 117 Å². The van der Waals surface area contributed by atoms with E-state index in [1.54, 1.807) is 12.1 Å². The Morgan fingerprint density at radius 1 is 1.45 bits per heavy atom. The van der Waals surface area contributed by atoms with E-state index in [0.717, 1.165) is 19.3 Å². The standard InChI is InChI=1S/C15H19NO4/c1-2-19-15(18)12-8-10(12)9-16(11-5-6-11)14(17)13-4-3-7-20-13/h3-4,7,10-12H,2,5-6,8-9H2,1H3. The van der Waals surface area contributed by atoms with E-state index in [-0.39, 0.29) is 23.7 Å². The van der Waals surface area contributed by atoms with Crippen LogP contribution < -0.4 is 0 Å². The maximum absolute atomic E-state index is 12.4. The lowest BCUT2D eigenvalue weighted by molar-refractivity contribution is -0.145. The van der Waals surface area contributed by atoms with Crippen LogP contribution in [0.2, 0.25) is 0 Å². The van der Waals surface area contributed by atoms with Gasteiger partial charge >= 0.3 is 5.97 Å². The molecule has 20 heavy (non-hydrogen) atoms. The van der Waals surface area contributed by atoms with Gasteiger partial charge in [0.2, 0.25) is 0 Å². The minimum Gasteiger partial charge on any atom is -0.466 e. The number of nitrogens with zero attached hydrogens (tertiary/aromatic N) is 1. The minimum atomic E-state index is -0.126. The number of rotatable bonds is 6. The second-order valence-electron chi connectivity index (χ2n) is 5.52. The summed E-state index contributed by atoms with van der Waals surface area (Å²) < 4.78 is 10.2. The molecule has 1 amide bonds. The van der Waals surface area contributed by atoms with Crippen molar-refractivity contribution in [1.82, 2.24) is 4.90 Å². The Hall–Kier alpha value is -1.78. The predicted octanol–water partition coefficient (Wildman–Crippen LogP) is 2.08. The van der Waals surface area contributed by atoms with Crippen LogP contribution in [0.1, 0.15) is 36.7 Å². The van der Waals surface area contributed by atoms with Gasteiger partial charge in [-0.2, -0.15) is 0 Å². The fourth-order valence-corrected chi connectivity index (χ4v) is 2.57. The van der Waals surface area contributed by atoms with Crippen LogP contribution in [0.5, 0.6) is 0 Å². The van der Waals surface area contributed by atoms with Crippen molar-refractivity contribution in [3.63, 3.8) is 0 Å². The van der Waals surface area contributed by atoms with E-state index in [2.05, 4.69) is 0 Å². The number of esters is 1. The SMILES string of the molecule is CCOC(=O)C1CC1CN(C(=O)c1ccco1)C1CC1. The zero-order chi connectivity index (χ0) is 14.1. The molecule has 0 aliphatic heterocycles. The zero-order valence-corrected chi connectivity index (χ0v) is 11.6. The molecule has 1 aromatic heterocycles. The molecular formula is C15H19NO4. The quantitative estimate of drug-likeness (QED) is 0.747. The summed E-state index contributed by atoms with van der Waals surface area (Å²) in [6.07, 6.45) is 4.43. The van der Waals surface area contributed by atoms with E-state index in [1.165, 1.54) is 6.26 Å². The lowest BCUT2D eigenvalue weighted by Crippen LogP contribution is -2.35. The fraction of sp³-hybridized carbons (Fsp3) is 0.600. The molecule has 2 saturated carbocycles. The third-order valence-corrected chi connectivity index (χ3v) is 3.92. The van der Waals surface area contributed by atoms with E-state index in [1.807, 2.05) is 11.8 Å². The third-order valence-electron chi connectivity index (χ3n) is 3.92. The Kier molecular flexibility index (Phi) is 3.51. The number of furan rings is 1. The van der Waals surface area contributed by atoms with Crippen LogP contribution in [0, 0.1) is 11.8 Å². The van der Waals surface area contributed by atoms with E-state index < -0.39 is 0 Å². The molecule has 108 valence electrons. The van der Waals surface area contributed by atoms with Gasteiger partial charge in [0, 0.05) is 12.6 Å². The third kappa shape index (κ3) is 2.71. The lowest BCUT2D eigenvalue weighted by Gasteiger charge is -2.21. The van der Waals surface area contributed by atoms with Gasteiger partial charge < -0.3 is 14.1 Å². The zero-order valence-electron chi connectivity index (χ0n) is 11.6. The fourth-order valence-electron chi connectivity index (χ4n) is 2.57. The molecule has 0 radical (unpaired) electrons. The first kappa shape index (κ1) is 13.2. The summed E-state index contributed by atoms with van der Waals surface area (Å²) in [4.78, 5) is 25.9. The van der Waals surface area contributed by atoms with Gasteiger partial charge in [-0.1, -0.05) is 0 Å². The first-order valence-electron chi connectivity index (χ1n) is 7.21. The van der Waals surface area contributed by atoms with Gasteiger partial charge in [-0.05, 0) is 44.2 Å². The highest BCUT2D eigenvalue weighted by Crippen LogP contribution is 2.42. The Morgan fingerprint density at radius 3 is 2.85 bits per heavy atom. The molecule has 1 heterocycles. The van der Waals surface area contributed by atoms with Crippen LogP contribution in [0.4, 0.5) is 0 Å². The first-order chi connectivity index (χ1) is 9.70. The van der Waals surface area contributed by atoms with E-state index in [4.69, 9.17) is 9.15 Å². The number of amides is 1. The summed E-state index contributed by atoms with van der Waals surface area (Å²) in [5.74, 6) is 0.408. The van der Waals surface area contributed by atoms with E-state index in [0.29, 0.717) is 25.0 Å². The molecule has 3 rings (SSSR count). The molecule has 5 heteroatoms. The molecule has 2 unspecified atom stereocenters. The average molecular weight is 277 g/mol. The van der Waals surface area contributed by atoms with Gasteiger partial charge in [-0.3, -0.25) is 9.59 Å². The summed E-state index contributed by atoms with van der Waals surface area (Å²) in [5.41, 5.74) is 0. The molecule has 2 fully saturated rings. The largest absolute Gasteiger partial charge is 0.466 e. The highest BCUT2D eigenvalue weighted by atomic mass is 16.5. The highest BCUT2D eigenvalue weighted by molar-refractivity contribution is 5.92. The van der Waals surface area contributed by atoms with Crippen LogP contribution in [0.3, 0.4) is 0 Å². The van der Waals surface area contributed by atoms with Crippen LogP contribution in [-0.2, 0) is 9.53 Å². The van der Waals surface area contributed by atoms with Crippen LogP contribution in [0.15, 0.2) is 22.8 Å². The summed E-state index contributed by atoms with van der Waals surface area (Å²) >= 11 is 0. The summed E-state index contributed by atoms with van der Waals surface area (Å²) in [7, 11) is 0. The van der Waals surface area contributed by atoms with E-state index >= 15 is 0 Å². The second-order valence-corrected chi connectivity index (χ2v) is 5.52. The number of hydrogen-bond acceptors (Lipinski definition) is 4. The molecule has 5 nitrogen and oxygen atoms in total. The Balaban J connectivity index is 1.59. The normalized spacial score (nSPS) is 24.2. The van der Waals surface area contributed by atoms with Gasteiger partial charge in [-0.15, -0.1) is 0 Å². The summed E-state index contributed by atoms with van der Waals surface area (Å²) in [6.45, 7) is 2.86. The van der Waals surface area contributed by atoms with Gasteiger partial charge in [0.25, 0.3) is 5.91 Å². The predicted molar refractivity (Wildman–Crippen MR) is 71.0 cm³/mol. The molecule has 0 saturated heterocycles. The number of carbonyl (C=O) groups is 2. The smallest absolute Gasteiger partial charge is 0.309 e. The molecule has 0 spiro atoms. The monoisotopic (exact) mass is 277 g/mol. The van der Waals surface area contributed by atoms with Gasteiger partial charge in [-0.25, -0.2) is 0 Å². The molecule has 2 aliphatic rings. The van der Waals surface area contributed by atoms with Crippen molar-refractivity contribution in [2.45, 2.75) is 32.2 Å². The van der Waals surface area contributed by atoms with Crippen LogP contribution in [-0.4, -0.2) is 36.0 Å². The van der Waals surface area contributed by atoms with Gasteiger partial charge in [0.15, 0.2) is 5.76 Å². The maximum Gasteiger partial charge on any atom is 0.309 e. The number of carbonyl (C=O) groups excluding carboxylic acids is 2. The topological polar surface area (TPSA) is 59.8 Å². The van der Waals surface area contributed by atoms with Crippen molar-refractivity contribution < 1.29 is 18.7 Å². The van der Waals surface area contributed by atoms with Crippen molar-refractivity contribution in [3.05, 3.63) is 24.2 Å². The summed E-state index contributed by atoms with van der Waals surface area (Å²) in [5, 5.41) is 0. The minimum absolute atomic E-state index is 0.0272. The van der Waals surface area contributed by atoms with Crippen LogP contribution >= 0.6 is 0 Å². The molecular weight excluding hydrogens is 258 g/mol. The number of hydrogen-bond donors (Lipinski definition) is 0. The van der Waals surface area contributed by atoms with Crippen molar-refractivity contribution in [3.8, 4) is 0 Å². The molecule has 1 aromatic rings. The van der Waals surface area contributed by atoms with Crippen LogP contribution in [0.25, 0.3) is 0 Å². The molecule has 0 aromatic carbocycles. The van der Waals surface area contributed by atoms with Gasteiger partial charge in [0.1, 0.15) is 0 Å².